The molecule has 0 radical (unpaired) electrons. The molecular weight excluding hydrogens is 294 g/mol. The molecule has 0 atom stereocenters. The molecule has 0 saturated carbocycles. The third kappa shape index (κ3) is 3.27. The first-order valence-corrected chi connectivity index (χ1v) is 8.68. The van der Waals surface area contributed by atoms with Gasteiger partial charge in [0.25, 0.3) is 0 Å². The lowest BCUT2D eigenvalue weighted by atomic mass is 10.2. The number of aliphatic hydroxyl groups is 1. The van der Waals surface area contributed by atoms with E-state index in [-0.39, 0.29) is 18.0 Å². The quantitative estimate of drug-likeness (QED) is 0.860. The van der Waals surface area contributed by atoms with Crippen molar-refractivity contribution in [1.29, 1.82) is 0 Å². The van der Waals surface area contributed by atoms with Crippen molar-refractivity contribution in [3.05, 3.63) is 51.7 Å². The van der Waals surface area contributed by atoms with Gasteiger partial charge >= 0.3 is 0 Å². The van der Waals surface area contributed by atoms with Gasteiger partial charge in [-0.1, -0.05) is 25.1 Å². The van der Waals surface area contributed by atoms with E-state index in [2.05, 4.69) is 4.72 Å². The van der Waals surface area contributed by atoms with E-state index in [1.165, 1.54) is 6.07 Å². The van der Waals surface area contributed by atoms with Gasteiger partial charge in [0.15, 0.2) is 0 Å². The zero-order chi connectivity index (χ0) is 14.6. The molecule has 0 unspecified atom stereocenters. The highest BCUT2D eigenvalue weighted by Gasteiger charge is 2.18. The van der Waals surface area contributed by atoms with Gasteiger partial charge in [-0.05, 0) is 35.1 Å². The molecule has 0 aliphatic heterocycles. The Morgan fingerprint density at radius 2 is 1.95 bits per heavy atom. The Balaban J connectivity index is 2.19. The Kier molecular flexibility index (Phi) is 4.93. The number of aryl methyl sites for hydroxylation is 1. The number of aliphatic hydroxyl groups excluding tert-OH is 1. The molecule has 1 heterocycles. The molecule has 0 aliphatic carbocycles. The van der Waals surface area contributed by atoms with Crippen LogP contribution in [0.3, 0.4) is 0 Å². The van der Waals surface area contributed by atoms with E-state index in [0.717, 1.165) is 16.9 Å². The van der Waals surface area contributed by atoms with E-state index in [1.807, 2.05) is 18.4 Å². The first kappa shape index (κ1) is 15.2. The zero-order valence-corrected chi connectivity index (χ0v) is 12.8. The van der Waals surface area contributed by atoms with Gasteiger partial charge in [0.1, 0.15) is 0 Å². The van der Waals surface area contributed by atoms with Crippen molar-refractivity contribution in [2.45, 2.75) is 31.4 Å². The molecule has 0 amide bonds. The van der Waals surface area contributed by atoms with Crippen LogP contribution < -0.4 is 4.72 Å². The Labute approximate surface area is 123 Å². The molecule has 0 spiro atoms. The molecule has 20 heavy (non-hydrogen) atoms. The molecule has 0 aliphatic rings. The second-order valence-electron chi connectivity index (χ2n) is 4.31. The van der Waals surface area contributed by atoms with Crippen LogP contribution in [0, 0.1) is 0 Å². The Morgan fingerprint density at radius 1 is 1.20 bits per heavy atom. The molecule has 6 heteroatoms. The summed E-state index contributed by atoms with van der Waals surface area (Å²) in [6.45, 7) is 2.03. The van der Waals surface area contributed by atoms with E-state index in [1.54, 1.807) is 29.5 Å². The van der Waals surface area contributed by atoms with Crippen molar-refractivity contribution < 1.29 is 13.5 Å². The largest absolute Gasteiger partial charge is 0.392 e. The van der Waals surface area contributed by atoms with Crippen LogP contribution in [0.25, 0.3) is 0 Å². The minimum absolute atomic E-state index is 0.136. The number of thiophene rings is 1. The van der Waals surface area contributed by atoms with Crippen LogP contribution in [0.1, 0.15) is 22.9 Å². The van der Waals surface area contributed by atoms with E-state index >= 15 is 0 Å². The maximum Gasteiger partial charge on any atom is 0.241 e. The van der Waals surface area contributed by atoms with Gasteiger partial charge in [-0.3, -0.25) is 0 Å². The maximum absolute atomic E-state index is 12.3. The van der Waals surface area contributed by atoms with E-state index in [0.29, 0.717) is 5.56 Å². The maximum atomic E-state index is 12.3. The van der Waals surface area contributed by atoms with Crippen LogP contribution in [-0.4, -0.2) is 13.5 Å². The van der Waals surface area contributed by atoms with Gasteiger partial charge < -0.3 is 5.11 Å². The fourth-order valence-corrected chi connectivity index (χ4v) is 4.20. The predicted octanol–water partition coefficient (Wildman–Crippen LogP) is 2.28. The minimum atomic E-state index is -3.61. The first-order chi connectivity index (χ1) is 9.58. The fourth-order valence-electron chi connectivity index (χ4n) is 1.97. The molecule has 0 saturated heterocycles. The molecule has 0 fully saturated rings. The predicted molar refractivity (Wildman–Crippen MR) is 80.1 cm³/mol. The van der Waals surface area contributed by atoms with Crippen LogP contribution in [0.2, 0.25) is 0 Å². The highest BCUT2D eigenvalue weighted by molar-refractivity contribution is 7.89. The smallest absolute Gasteiger partial charge is 0.241 e. The summed E-state index contributed by atoms with van der Waals surface area (Å²) in [7, 11) is -3.61. The van der Waals surface area contributed by atoms with Gasteiger partial charge in [-0.2, -0.15) is 0 Å². The van der Waals surface area contributed by atoms with Crippen LogP contribution in [0.5, 0.6) is 0 Å². The molecule has 4 nitrogen and oxygen atoms in total. The van der Waals surface area contributed by atoms with Crippen molar-refractivity contribution in [2.24, 2.45) is 0 Å². The summed E-state index contributed by atoms with van der Waals surface area (Å²) in [5.41, 5.74) is 1.56. The summed E-state index contributed by atoms with van der Waals surface area (Å²) < 4.78 is 27.2. The third-order valence-electron chi connectivity index (χ3n) is 3.07. The number of hydrogen-bond donors (Lipinski definition) is 2. The highest BCUT2D eigenvalue weighted by atomic mass is 32.2. The van der Waals surface area contributed by atoms with Crippen molar-refractivity contribution in [3.8, 4) is 0 Å². The Bertz CT molecular complexity index is 677. The lowest BCUT2D eigenvalue weighted by Crippen LogP contribution is -2.24. The van der Waals surface area contributed by atoms with Crippen LogP contribution >= 0.6 is 11.3 Å². The van der Waals surface area contributed by atoms with Crippen LogP contribution in [0.15, 0.2) is 40.6 Å². The third-order valence-corrected chi connectivity index (χ3v) is 5.54. The molecule has 0 bridgehead atoms. The minimum Gasteiger partial charge on any atom is -0.392 e. The highest BCUT2D eigenvalue weighted by Crippen LogP contribution is 2.19. The SMILES string of the molecule is CCc1ccsc1CNS(=O)(=O)c1ccccc1CO. The summed E-state index contributed by atoms with van der Waals surface area (Å²) in [6.07, 6.45) is 0.883. The van der Waals surface area contributed by atoms with E-state index in [9.17, 15) is 13.5 Å². The lowest BCUT2D eigenvalue weighted by molar-refractivity contribution is 0.278. The second kappa shape index (κ2) is 6.49. The normalized spacial score (nSPS) is 11.7. The molecule has 1 aromatic carbocycles. The first-order valence-electron chi connectivity index (χ1n) is 6.32. The van der Waals surface area contributed by atoms with Gasteiger partial charge in [-0.25, -0.2) is 13.1 Å². The number of benzene rings is 1. The van der Waals surface area contributed by atoms with E-state index < -0.39 is 10.0 Å². The number of hydrogen-bond acceptors (Lipinski definition) is 4. The van der Waals surface area contributed by atoms with Crippen molar-refractivity contribution in [2.75, 3.05) is 0 Å². The zero-order valence-electron chi connectivity index (χ0n) is 11.2. The Hall–Kier alpha value is -1.21. The molecular formula is C14H17NO3S2. The van der Waals surface area contributed by atoms with Gasteiger partial charge in [0.05, 0.1) is 11.5 Å². The number of sulfonamides is 1. The van der Waals surface area contributed by atoms with E-state index in [4.69, 9.17) is 0 Å². The van der Waals surface area contributed by atoms with Crippen LogP contribution in [0.4, 0.5) is 0 Å². The average molecular weight is 311 g/mol. The fraction of sp³-hybridized carbons (Fsp3) is 0.286. The molecule has 2 aromatic rings. The summed E-state index contributed by atoms with van der Waals surface area (Å²) in [4.78, 5) is 1.16. The van der Waals surface area contributed by atoms with Crippen molar-refractivity contribution >= 4 is 21.4 Å². The van der Waals surface area contributed by atoms with Crippen molar-refractivity contribution in [3.63, 3.8) is 0 Å². The van der Waals surface area contributed by atoms with Crippen molar-refractivity contribution in [1.82, 2.24) is 4.72 Å². The average Bonchev–Trinajstić information content (AvgIpc) is 2.92. The molecule has 1 aromatic heterocycles. The number of rotatable bonds is 6. The molecule has 108 valence electrons. The topological polar surface area (TPSA) is 66.4 Å². The Morgan fingerprint density at radius 3 is 2.65 bits per heavy atom. The van der Waals surface area contributed by atoms with Gasteiger partial charge in [-0.15, -0.1) is 11.3 Å². The summed E-state index contributed by atoms with van der Waals surface area (Å²) >= 11 is 1.54. The standard InChI is InChI=1S/C14H17NO3S2/c1-2-11-7-8-19-13(11)9-15-20(17,18)14-6-4-3-5-12(14)10-16/h3-8,15-16H,2,9-10H2,1H3. The van der Waals surface area contributed by atoms with Crippen LogP contribution in [-0.2, 0) is 29.6 Å². The molecule has 2 N–H and O–H groups in total. The second-order valence-corrected chi connectivity index (χ2v) is 7.05. The summed E-state index contributed by atoms with van der Waals surface area (Å²) in [5, 5.41) is 11.2. The molecule has 2 rings (SSSR count). The summed E-state index contributed by atoms with van der Waals surface area (Å²) in [5.74, 6) is 0. The van der Waals surface area contributed by atoms with Gasteiger partial charge in [0, 0.05) is 11.4 Å². The van der Waals surface area contributed by atoms with Gasteiger partial charge in [0.2, 0.25) is 10.0 Å². The lowest BCUT2D eigenvalue weighted by Gasteiger charge is -2.10. The monoisotopic (exact) mass is 311 g/mol. The number of nitrogens with one attached hydrogen (secondary N) is 1. The summed E-state index contributed by atoms with van der Waals surface area (Å²) in [6, 6.07) is 8.48.